The van der Waals surface area contributed by atoms with Crippen LogP contribution in [-0.2, 0) is 6.54 Å². The van der Waals surface area contributed by atoms with Gasteiger partial charge in [0, 0.05) is 17.7 Å². The highest BCUT2D eigenvalue weighted by molar-refractivity contribution is 5.36. The first kappa shape index (κ1) is 9.88. The van der Waals surface area contributed by atoms with Crippen LogP contribution in [-0.4, -0.2) is 10.3 Å². The van der Waals surface area contributed by atoms with Crippen molar-refractivity contribution in [3.63, 3.8) is 0 Å². The number of rotatable bonds is 3. The lowest BCUT2D eigenvalue weighted by Crippen LogP contribution is -2.06. The van der Waals surface area contributed by atoms with Gasteiger partial charge in [-0.15, -0.1) is 0 Å². The molecule has 3 N–H and O–H groups in total. The summed E-state index contributed by atoms with van der Waals surface area (Å²) in [6.45, 7) is 0.0232. The summed E-state index contributed by atoms with van der Waals surface area (Å²) in [7, 11) is 0. The lowest BCUT2D eigenvalue weighted by Gasteiger charge is -2.05. The first-order valence-corrected chi connectivity index (χ1v) is 3.62. The zero-order chi connectivity index (χ0) is 9.84. The second-order valence-electron chi connectivity index (χ2n) is 2.52. The number of alkyl halides is 2. The van der Waals surface area contributed by atoms with E-state index in [-0.39, 0.29) is 17.9 Å². The fourth-order valence-electron chi connectivity index (χ4n) is 0.951. The fourth-order valence-corrected chi connectivity index (χ4v) is 0.951. The predicted octanol–water partition coefficient (Wildman–Crippen LogP) is 1.81. The highest BCUT2D eigenvalue weighted by Crippen LogP contribution is 2.25. The van der Waals surface area contributed by atoms with Crippen LogP contribution in [0.3, 0.4) is 0 Å². The molecule has 0 saturated carbocycles. The molecule has 0 fully saturated rings. The van der Waals surface area contributed by atoms with Gasteiger partial charge in [0.2, 0.25) is 0 Å². The third-order valence-electron chi connectivity index (χ3n) is 1.63. The largest absolute Gasteiger partial charge is 0.508 e. The van der Waals surface area contributed by atoms with Crippen LogP contribution in [0.4, 0.5) is 8.78 Å². The first-order valence-electron chi connectivity index (χ1n) is 3.62. The SMILES string of the molecule is ONCc1ccc(C(F)F)cc1O. The molecule has 1 aromatic rings. The van der Waals surface area contributed by atoms with Crippen molar-refractivity contribution in [3.05, 3.63) is 29.3 Å². The molecule has 0 aliphatic carbocycles. The average Bonchev–Trinajstić information content (AvgIpc) is 2.08. The summed E-state index contributed by atoms with van der Waals surface area (Å²) >= 11 is 0. The van der Waals surface area contributed by atoms with Gasteiger partial charge in [0.1, 0.15) is 5.75 Å². The Morgan fingerprint density at radius 3 is 2.54 bits per heavy atom. The second-order valence-corrected chi connectivity index (χ2v) is 2.52. The Labute approximate surface area is 73.6 Å². The Balaban J connectivity index is 2.92. The van der Waals surface area contributed by atoms with Crippen molar-refractivity contribution in [1.29, 1.82) is 0 Å². The van der Waals surface area contributed by atoms with Crippen LogP contribution in [0.15, 0.2) is 18.2 Å². The number of halogens is 2. The third kappa shape index (κ3) is 2.37. The number of benzene rings is 1. The molecular weight excluding hydrogens is 180 g/mol. The van der Waals surface area contributed by atoms with Crippen molar-refractivity contribution in [2.24, 2.45) is 0 Å². The summed E-state index contributed by atoms with van der Waals surface area (Å²) in [6.07, 6.45) is -2.60. The number of nitrogens with one attached hydrogen (secondary N) is 1. The van der Waals surface area contributed by atoms with Crippen LogP contribution in [0.25, 0.3) is 0 Å². The Morgan fingerprint density at radius 1 is 1.38 bits per heavy atom. The van der Waals surface area contributed by atoms with E-state index in [1.54, 1.807) is 0 Å². The molecular formula is C8H9F2NO2. The van der Waals surface area contributed by atoms with Crippen LogP contribution in [0.1, 0.15) is 17.6 Å². The number of hydroxylamine groups is 1. The van der Waals surface area contributed by atoms with E-state index in [9.17, 15) is 13.9 Å². The van der Waals surface area contributed by atoms with Crippen LogP contribution in [0, 0.1) is 0 Å². The van der Waals surface area contributed by atoms with Gasteiger partial charge in [-0.2, -0.15) is 0 Å². The maximum Gasteiger partial charge on any atom is 0.263 e. The smallest absolute Gasteiger partial charge is 0.263 e. The van der Waals surface area contributed by atoms with Crippen molar-refractivity contribution < 1.29 is 19.1 Å². The second kappa shape index (κ2) is 4.15. The Kier molecular flexibility index (Phi) is 3.16. The molecule has 0 saturated heterocycles. The first-order chi connectivity index (χ1) is 6.15. The van der Waals surface area contributed by atoms with Gasteiger partial charge in [0.25, 0.3) is 6.43 Å². The molecule has 0 amide bonds. The summed E-state index contributed by atoms with van der Waals surface area (Å²) in [5.74, 6) is -0.251. The van der Waals surface area contributed by atoms with Crippen molar-refractivity contribution in [2.75, 3.05) is 0 Å². The van der Waals surface area contributed by atoms with Crippen LogP contribution >= 0.6 is 0 Å². The predicted molar refractivity (Wildman–Crippen MR) is 41.7 cm³/mol. The standard InChI is InChI=1S/C8H9F2NO2/c9-8(10)5-1-2-6(4-11-13)7(12)3-5/h1-3,8,11-13H,4H2. The molecule has 0 aromatic heterocycles. The van der Waals surface area contributed by atoms with Crippen molar-refractivity contribution in [3.8, 4) is 5.75 Å². The van der Waals surface area contributed by atoms with Gasteiger partial charge in [0.05, 0.1) is 0 Å². The van der Waals surface area contributed by atoms with Crippen molar-refractivity contribution >= 4 is 0 Å². The summed E-state index contributed by atoms with van der Waals surface area (Å²) in [4.78, 5) is 0. The Morgan fingerprint density at radius 2 is 2.08 bits per heavy atom. The van der Waals surface area contributed by atoms with Gasteiger partial charge in [-0.25, -0.2) is 14.3 Å². The minimum atomic E-state index is -2.60. The van der Waals surface area contributed by atoms with Crippen LogP contribution in [0.5, 0.6) is 5.75 Å². The topological polar surface area (TPSA) is 52.5 Å². The summed E-state index contributed by atoms with van der Waals surface area (Å²) in [5, 5.41) is 17.5. The molecule has 0 radical (unpaired) electrons. The maximum atomic E-state index is 12.1. The maximum absolute atomic E-state index is 12.1. The van der Waals surface area contributed by atoms with E-state index in [1.807, 2.05) is 5.48 Å². The van der Waals surface area contributed by atoms with E-state index >= 15 is 0 Å². The molecule has 0 bridgehead atoms. The highest BCUT2D eigenvalue weighted by Gasteiger charge is 2.09. The molecule has 0 spiro atoms. The molecule has 0 aliphatic rings. The summed E-state index contributed by atoms with van der Waals surface area (Å²) in [6, 6.07) is 3.52. The molecule has 3 nitrogen and oxygen atoms in total. The minimum absolute atomic E-state index is 0.0232. The highest BCUT2D eigenvalue weighted by atomic mass is 19.3. The summed E-state index contributed by atoms with van der Waals surface area (Å²) < 4.78 is 24.2. The molecule has 0 heterocycles. The van der Waals surface area contributed by atoms with E-state index in [0.717, 1.165) is 6.07 Å². The molecule has 0 unspecified atom stereocenters. The van der Waals surface area contributed by atoms with Crippen LogP contribution < -0.4 is 5.48 Å². The molecule has 13 heavy (non-hydrogen) atoms. The number of phenolic OH excluding ortho intramolecular Hbond substituents is 1. The lowest BCUT2D eigenvalue weighted by atomic mass is 10.1. The number of hydrogen-bond donors (Lipinski definition) is 3. The quantitative estimate of drug-likeness (QED) is 0.635. The number of phenols is 1. The van der Waals surface area contributed by atoms with Gasteiger partial charge < -0.3 is 10.3 Å². The van der Waals surface area contributed by atoms with Gasteiger partial charge in [-0.3, -0.25) is 0 Å². The molecule has 0 aliphatic heterocycles. The minimum Gasteiger partial charge on any atom is -0.508 e. The summed E-state index contributed by atoms with van der Waals surface area (Å²) in [5.41, 5.74) is 1.96. The van der Waals surface area contributed by atoms with Crippen molar-refractivity contribution in [1.82, 2.24) is 5.48 Å². The Bertz CT molecular complexity index is 291. The van der Waals surface area contributed by atoms with E-state index in [1.165, 1.54) is 12.1 Å². The van der Waals surface area contributed by atoms with Gasteiger partial charge >= 0.3 is 0 Å². The van der Waals surface area contributed by atoms with Gasteiger partial charge in [-0.05, 0) is 6.07 Å². The third-order valence-corrected chi connectivity index (χ3v) is 1.63. The van der Waals surface area contributed by atoms with Gasteiger partial charge in [0.15, 0.2) is 0 Å². The zero-order valence-corrected chi connectivity index (χ0v) is 6.67. The number of aromatic hydroxyl groups is 1. The fraction of sp³-hybridized carbons (Fsp3) is 0.250. The Hall–Kier alpha value is -1.20. The van der Waals surface area contributed by atoms with Gasteiger partial charge in [-0.1, -0.05) is 12.1 Å². The molecule has 5 heteroatoms. The van der Waals surface area contributed by atoms with Crippen molar-refractivity contribution in [2.45, 2.75) is 13.0 Å². The lowest BCUT2D eigenvalue weighted by molar-refractivity contribution is 0.150. The van der Waals surface area contributed by atoms with E-state index in [4.69, 9.17) is 5.21 Å². The molecule has 0 atom stereocenters. The van der Waals surface area contributed by atoms with E-state index in [2.05, 4.69) is 0 Å². The molecule has 1 rings (SSSR count). The zero-order valence-electron chi connectivity index (χ0n) is 6.67. The monoisotopic (exact) mass is 189 g/mol. The number of hydrogen-bond acceptors (Lipinski definition) is 3. The molecule has 1 aromatic carbocycles. The molecule has 72 valence electrons. The van der Waals surface area contributed by atoms with E-state index < -0.39 is 6.43 Å². The van der Waals surface area contributed by atoms with Crippen LogP contribution in [0.2, 0.25) is 0 Å². The average molecular weight is 189 g/mol. The normalized spacial score (nSPS) is 10.8. The van der Waals surface area contributed by atoms with E-state index in [0.29, 0.717) is 5.56 Å².